The van der Waals surface area contributed by atoms with E-state index in [4.69, 9.17) is 10.3 Å². The molecule has 3 N–H and O–H groups in total. The zero-order valence-electron chi connectivity index (χ0n) is 11.7. The van der Waals surface area contributed by atoms with Crippen LogP contribution in [0.1, 0.15) is 0 Å². The molecule has 0 fully saturated rings. The van der Waals surface area contributed by atoms with Crippen molar-refractivity contribution >= 4 is 27.2 Å². The molecule has 0 amide bonds. The van der Waals surface area contributed by atoms with Crippen LogP contribution in [0, 0.1) is 5.21 Å². The zero-order valence-corrected chi connectivity index (χ0v) is 12.5. The topological polar surface area (TPSA) is 130 Å². The number of para-hydroxylation sites is 2. The molecule has 122 valence electrons. The number of carboxylic acid groups (broad SMARTS) is 1. The first-order valence-electron chi connectivity index (χ1n) is 6.39. The molecule has 23 heavy (non-hydrogen) atoms. The van der Waals surface area contributed by atoms with Crippen LogP contribution >= 0.6 is 0 Å². The van der Waals surface area contributed by atoms with E-state index in [1.165, 1.54) is 36.4 Å². The van der Waals surface area contributed by atoms with Crippen molar-refractivity contribution in [2.75, 3.05) is 17.1 Å². The van der Waals surface area contributed by atoms with Crippen molar-refractivity contribution < 1.29 is 23.5 Å². The Morgan fingerprint density at radius 2 is 1.65 bits per heavy atom. The molecule has 0 bridgehead atoms. The Hall–Kier alpha value is -2.62. The van der Waals surface area contributed by atoms with Gasteiger partial charge in [-0.15, -0.1) is 0 Å². The molecular formula is C14H13N2O6S-. The van der Waals surface area contributed by atoms with Gasteiger partial charge in [-0.25, -0.2) is 8.42 Å². The molecule has 9 heteroatoms. The summed E-state index contributed by atoms with van der Waals surface area (Å²) in [5.41, 5.74) is -0.347. The van der Waals surface area contributed by atoms with Crippen LogP contribution < -0.4 is 10.5 Å². The highest BCUT2D eigenvalue weighted by molar-refractivity contribution is 7.91. The molecular weight excluding hydrogens is 324 g/mol. The van der Waals surface area contributed by atoms with Crippen LogP contribution in [0.5, 0.6) is 0 Å². The van der Waals surface area contributed by atoms with Gasteiger partial charge in [0.25, 0.3) is 0 Å². The fourth-order valence-corrected chi connectivity index (χ4v) is 3.58. The lowest BCUT2D eigenvalue weighted by molar-refractivity contribution is -0.134. The third-order valence-electron chi connectivity index (χ3n) is 2.97. The number of anilines is 2. The summed E-state index contributed by atoms with van der Waals surface area (Å²) in [6.07, 6.45) is 0. The largest absolute Gasteiger partial charge is 0.733 e. The second-order valence-corrected chi connectivity index (χ2v) is 6.37. The van der Waals surface area contributed by atoms with Gasteiger partial charge in [0.05, 0.1) is 21.2 Å². The van der Waals surface area contributed by atoms with Gasteiger partial charge in [-0.05, 0) is 24.3 Å². The Kier molecular flexibility index (Phi) is 4.84. The fraction of sp³-hybridized carbons (Fsp3) is 0.0714. The summed E-state index contributed by atoms with van der Waals surface area (Å²) in [5, 5.41) is 30.9. The SMILES string of the molecule is O=C(O)CNc1ccccc1S(=O)(=O)c1ccccc1N([O-])O. The Labute approximate surface area is 132 Å². The summed E-state index contributed by atoms with van der Waals surface area (Å²) in [6.45, 7) is -0.470. The van der Waals surface area contributed by atoms with Crippen LogP contribution in [-0.2, 0) is 14.6 Å². The van der Waals surface area contributed by atoms with Crippen LogP contribution in [0.25, 0.3) is 0 Å². The molecule has 0 aliphatic rings. The Morgan fingerprint density at radius 3 is 2.26 bits per heavy atom. The summed E-state index contributed by atoms with van der Waals surface area (Å²) < 4.78 is 25.5. The lowest BCUT2D eigenvalue weighted by Crippen LogP contribution is -2.16. The maximum absolute atomic E-state index is 12.8. The van der Waals surface area contributed by atoms with E-state index >= 15 is 0 Å². The van der Waals surface area contributed by atoms with Crippen molar-refractivity contribution in [1.29, 1.82) is 0 Å². The average Bonchev–Trinajstić information content (AvgIpc) is 2.53. The number of nitrogens with one attached hydrogen (secondary N) is 1. The minimum atomic E-state index is -4.15. The Bertz CT molecular complexity index is 820. The highest BCUT2D eigenvalue weighted by atomic mass is 32.2. The monoisotopic (exact) mass is 337 g/mol. The molecule has 0 spiro atoms. The fourth-order valence-electron chi connectivity index (χ4n) is 1.98. The molecule has 0 radical (unpaired) electrons. The molecule has 0 aliphatic heterocycles. The van der Waals surface area contributed by atoms with E-state index in [1.807, 2.05) is 0 Å². The van der Waals surface area contributed by atoms with Gasteiger partial charge in [-0.2, -0.15) is 0 Å². The van der Waals surface area contributed by atoms with Gasteiger partial charge < -0.3 is 20.9 Å². The highest BCUT2D eigenvalue weighted by Crippen LogP contribution is 2.32. The number of aliphatic carboxylic acids is 1. The summed E-state index contributed by atoms with van der Waals surface area (Å²) in [6, 6.07) is 10.9. The lowest BCUT2D eigenvalue weighted by atomic mass is 10.3. The van der Waals surface area contributed by atoms with Gasteiger partial charge in [0.15, 0.2) is 0 Å². The van der Waals surface area contributed by atoms with Gasteiger partial charge in [0.1, 0.15) is 6.54 Å². The van der Waals surface area contributed by atoms with Crippen molar-refractivity contribution in [1.82, 2.24) is 0 Å². The van der Waals surface area contributed by atoms with Gasteiger partial charge in [0.2, 0.25) is 9.84 Å². The summed E-state index contributed by atoms with van der Waals surface area (Å²) in [4.78, 5) is 10.1. The zero-order chi connectivity index (χ0) is 17.0. The molecule has 0 saturated heterocycles. The van der Waals surface area contributed by atoms with Crippen molar-refractivity contribution in [3.05, 3.63) is 53.7 Å². The van der Waals surface area contributed by atoms with Crippen LogP contribution in [0.2, 0.25) is 0 Å². The van der Waals surface area contributed by atoms with Gasteiger partial charge in [-0.1, -0.05) is 24.3 Å². The van der Waals surface area contributed by atoms with E-state index in [1.54, 1.807) is 6.07 Å². The lowest BCUT2D eigenvalue weighted by Gasteiger charge is -2.24. The summed E-state index contributed by atoms with van der Waals surface area (Å²) in [7, 11) is -4.15. The molecule has 0 aromatic heterocycles. The Morgan fingerprint density at radius 1 is 1.09 bits per heavy atom. The van der Waals surface area contributed by atoms with Crippen LogP contribution in [0.4, 0.5) is 11.4 Å². The normalized spacial score (nSPS) is 11.0. The molecule has 2 aromatic carbocycles. The standard InChI is InChI=1S/C14H13N2O6S/c17-14(18)9-15-10-5-1-3-7-12(10)23(21,22)13-8-4-2-6-11(13)16(19)20/h1-8,15,19H,9H2,(H,17,18)/q-1. The number of nitrogens with zero attached hydrogens (tertiary/aromatic N) is 1. The second-order valence-electron chi connectivity index (χ2n) is 4.49. The van der Waals surface area contributed by atoms with E-state index in [0.29, 0.717) is 0 Å². The van der Waals surface area contributed by atoms with Gasteiger partial charge in [-0.3, -0.25) is 10.0 Å². The minimum absolute atomic E-state index is 0.0834. The van der Waals surface area contributed by atoms with E-state index in [-0.39, 0.29) is 15.5 Å². The molecule has 0 unspecified atom stereocenters. The van der Waals surface area contributed by atoms with Crippen LogP contribution in [0.3, 0.4) is 0 Å². The summed E-state index contributed by atoms with van der Waals surface area (Å²) in [5.74, 6) is -1.15. The van der Waals surface area contributed by atoms with Crippen LogP contribution in [0.15, 0.2) is 58.3 Å². The minimum Gasteiger partial charge on any atom is -0.733 e. The first-order valence-corrected chi connectivity index (χ1v) is 7.87. The molecule has 2 aromatic rings. The quantitative estimate of drug-likeness (QED) is 0.679. The number of hydrogen-bond acceptors (Lipinski definition) is 7. The highest BCUT2D eigenvalue weighted by Gasteiger charge is 2.24. The van der Waals surface area contributed by atoms with E-state index < -0.39 is 33.3 Å². The number of carboxylic acids is 1. The number of benzene rings is 2. The van der Waals surface area contributed by atoms with Gasteiger partial charge >= 0.3 is 5.97 Å². The third kappa shape index (κ3) is 3.59. The van der Waals surface area contributed by atoms with E-state index in [2.05, 4.69) is 5.32 Å². The first kappa shape index (κ1) is 16.7. The maximum Gasteiger partial charge on any atom is 0.322 e. The second kappa shape index (κ2) is 6.65. The molecule has 0 atom stereocenters. The molecule has 8 nitrogen and oxygen atoms in total. The van der Waals surface area contributed by atoms with Crippen molar-refractivity contribution in [2.24, 2.45) is 0 Å². The number of rotatable bonds is 6. The molecule has 2 rings (SSSR count). The van der Waals surface area contributed by atoms with Gasteiger partial charge in [0, 0.05) is 0 Å². The maximum atomic E-state index is 12.8. The van der Waals surface area contributed by atoms with E-state index in [9.17, 15) is 18.4 Å². The first-order chi connectivity index (χ1) is 10.8. The molecule has 0 heterocycles. The number of sulfone groups is 1. The smallest absolute Gasteiger partial charge is 0.322 e. The predicted molar refractivity (Wildman–Crippen MR) is 82.1 cm³/mol. The van der Waals surface area contributed by atoms with Crippen LogP contribution in [-0.4, -0.2) is 31.2 Å². The van der Waals surface area contributed by atoms with E-state index in [0.717, 1.165) is 6.07 Å². The average molecular weight is 337 g/mol. The third-order valence-corrected chi connectivity index (χ3v) is 4.83. The summed E-state index contributed by atoms with van der Waals surface area (Å²) >= 11 is 0. The van der Waals surface area contributed by atoms with Crippen molar-refractivity contribution in [3.63, 3.8) is 0 Å². The Balaban J connectivity index is 2.55. The number of carbonyl (C=O) groups is 1. The molecule has 0 aliphatic carbocycles. The van der Waals surface area contributed by atoms with Crippen molar-refractivity contribution in [3.8, 4) is 0 Å². The number of hydrogen-bond donors (Lipinski definition) is 3. The van der Waals surface area contributed by atoms with Crippen molar-refractivity contribution in [2.45, 2.75) is 9.79 Å². The predicted octanol–water partition coefficient (Wildman–Crippen LogP) is 1.71. The molecule has 0 saturated carbocycles.